The van der Waals surface area contributed by atoms with Crippen molar-refractivity contribution in [1.29, 1.82) is 0 Å². The van der Waals surface area contributed by atoms with E-state index in [1.54, 1.807) is 12.1 Å². The molecule has 0 aromatic heterocycles. The highest BCUT2D eigenvalue weighted by atomic mass is 32.2. The zero-order valence-corrected chi connectivity index (χ0v) is 12.8. The van der Waals surface area contributed by atoms with Crippen molar-refractivity contribution in [3.8, 4) is 5.75 Å². The Hall–Kier alpha value is -2.61. The van der Waals surface area contributed by atoms with E-state index in [4.69, 9.17) is 4.18 Å². The minimum atomic E-state index is -4.04. The maximum atomic E-state index is 12.2. The second-order valence-corrected chi connectivity index (χ2v) is 6.23. The first-order valence-electron chi connectivity index (χ1n) is 6.26. The monoisotopic (exact) mass is 322 g/mol. The van der Waals surface area contributed by atoms with Gasteiger partial charge in [-0.25, -0.2) is 0 Å². The van der Waals surface area contributed by atoms with Crippen LogP contribution in [0.15, 0.2) is 53.4 Å². The molecule has 0 unspecified atom stereocenters. The van der Waals surface area contributed by atoms with E-state index in [0.29, 0.717) is 0 Å². The van der Waals surface area contributed by atoms with Crippen LogP contribution < -0.4 is 9.08 Å². The molecule has 8 heteroatoms. The van der Waals surface area contributed by atoms with E-state index in [1.165, 1.54) is 6.07 Å². The fourth-order valence-corrected chi connectivity index (χ4v) is 2.65. The third-order valence-corrected chi connectivity index (χ3v) is 4.14. The van der Waals surface area contributed by atoms with Crippen LogP contribution in [0.3, 0.4) is 0 Å². The van der Waals surface area contributed by atoms with Crippen LogP contribution >= 0.6 is 0 Å². The van der Waals surface area contributed by atoms with Crippen LogP contribution in [0.5, 0.6) is 5.75 Å². The molecule has 0 spiro atoms. The average molecular weight is 322 g/mol. The number of non-ortho nitro benzene ring substituents is 1. The average Bonchev–Trinajstić information content (AvgIpc) is 2.47. The predicted octanol–water partition coefficient (Wildman–Crippen LogP) is 2.43. The number of nitrogens with zero attached hydrogens (tertiary/aromatic N) is 2. The first kappa shape index (κ1) is 15.8. The summed E-state index contributed by atoms with van der Waals surface area (Å²) >= 11 is 0. The SMILES string of the molecule is CN(C)c1cccc(OS(=O)(=O)c2ccc([N+](=O)[O-])cc2)c1. The molecule has 22 heavy (non-hydrogen) atoms. The Morgan fingerprint density at radius 1 is 1.09 bits per heavy atom. The predicted molar refractivity (Wildman–Crippen MR) is 81.7 cm³/mol. The van der Waals surface area contributed by atoms with Gasteiger partial charge >= 0.3 is 10.1 Å². The topological polar surface area (TPSA) is 89.8 Å². The standard InChI is InChI=1S/C14H14N2O5S/c1-15(2)12-4-3-5-13(10-12)21-22(19,20)14-8-6-11(7-9-14)16(17)18/h3-10H,1-2H3. The Morgan fingerprint density at radius 3 is 2.27 bits per heavy atom. The summed E-state index contributed by atoms with van der Waals surface area (Å²) in [6, 6.07) is 11.1. The third-order valence-electron chi connectivity index (χ3n) is 2.88. The normalized spacial score (nSPS) is 11.0. The Kier molecular flexibility index (Phi) is 4.32. The highest BCUT2D eigenvalue weighted by Crippen LogP contribution is 2.24. The van der Waals surface area contributed by atoms with Crippen molar-refractivity contribution in [3.05, 3.63) is 58.6 Å². The van der Waals surface area contributed by atoms with E-state index in [-0.39, 0.29) is 16.3 Å². The lowest BCUT2D eigenvalue weighted by molar-refractivity contribution is -0.384. The molecular weight excluding hydrogens is 308 g/mol. The lowest BCUT2D eigenvalue weighted by Gasteiger charge is -2.13. The van der Waals surface area contributed by atoms with Gasteiger partial charge in [-0.3, -0.25) is 10.1 Å². The maximum absolute atomic E-state index is 12.2. The quantitative estimate of drug-likeness (QED) is 0.477. The van der Waals surface area contributed by atoms with Crippen LogP contribution in [0.2, 0.25) is 0 Å². The zero-order valence-electron chi connectivity index (χ0n) is 12.0. The summed E-state index contributed by atoms with van der Waals surface area (Å²) in [7, 11) is -0.393. The molecule has 0 saturated heterocycles. The summed E-state index contributed by atoms with van der Waals surface area (Å²) in [5.74, 6) is 0.171. The molecular formula is C14H14N2O5S. The molecule has 0 heterocycles. The van der Waals surface area contributed by atoms with Gasteiger partial charge in [0.25, 0.3) is 5.69 Å². The second kappa shape index (κ2) is 6.02. The lowest BCUT2D eigenvalue weighted by atomic mass is 10.3. The van der Waals surface area contributed by atoms with E-state index in [2.05, 4.69) is 0 Å². The van der Waals surface area contributed by atoms with Crippen molar-refractivity contribution in [3.63, 3.8) is 0 Å². The minimum absolute atomic E-state index is 0.145. The number of hydrogen-bond acceptors (Lipinski definition) is 6. The largest absolute Gasteiger partial charge is 0.379 e. The summed E-state index contributed by atoms with van der Waals surface area (Å²) in [6.45, 7) is 0. The number of anilines is 1. The van der Waals surface area contributed by atoms with Gasteiger partial charge in [-0.1, -0.05) is 6.07 Å². The number of hydrogen-bond donors (Lipinski definition) is 0. The summed E-state index contributed by atoms with van der Waals surface area (Å²) < 4.78 is 29.4. The molecule has 0 fully saturated rings. The highest BCUT2D eigenvalue weighted by molar-refractivity contribution is 7.87. The Bertz CT molecular complexity index is 785. The summed E-state index contributed by atoms with van der Waals surface area (Å²) in [5.41, 5.74) is 0.602. The van der Waals surface area contributed by atoms with Gasteiger partial charge < -0.3 is 9.08 Å². The first-order valence-corrected chi connectivity index (χ1v) is 7.67. The maximum Gasteiger partial charge on any atom is 0.339 e. The van der Waals surface area contributed by atoms with Gasteiger partial charge in [-0.05, 0) is 24.3 Å². The van der Waals surface area contributed by atoms with E-state index < -0.39 is 15.0 Å². The molecule has 0 N–H and O–H groups in total. The fraction of sp³-hybridized carbons (Fsp3) is 0.143. The molecule has 0 bridgehead atoms. The number of nitro groups is 1. The number of rotatable bonds is 5. The van der Waals surface area contributed by atoms with Gasteiger partial charge in [-0.2, -0.15) is 8.42 Å². The van der Waals surface area contributed by atoms with E-state index >= 15 is 0 Å². The molecule has 0 amide bonds. The van der Waals surface area contributed by atoms with Crippen molar-refractivity contribution < 1.29 is 17.5 Å². The Balaban J connectivity index is 2.27. The summed E-state index contributed by atoms with van der Waals surface area (Å²) in [6.07, 6.45) is 0. The van der Waals surface area contributed by atoms with Crippen molar-refractivity contribution in [2.75, 3.05) is 19.0 Å². The molecule has 2 aromatic carbocycles. The van der Waals surface area contributed by atoms with Gasteiger partial charge in [0.1, 0.15) is 10.6 Å². The van der Waals surface area contributed by atoms with Crippen molar-refractivity contribution in [1.82, 2.24) is 0 Å². The van der Waals surface area contributed by atoms with Crippen LogP contribution in [0.25, 0.3) is 0 Å². The third kappa shape index (κ3) is 3.53. The van der Waals surface area contributed by atoms with Crippen LogP contribution in [0.4, 0.5) is 11.4 Å². The molecule has 0 saturated carbocycles. The van der Waals surface area contributed by atoms with E-state index in [1.807, 2.05) is 25.1 Å². The van der Waals surface area contributed by atoms with Crippen molar-refractivity contribution >= 4 is 21.5 Å². The molecule has 0 atom stereocenters. The summed E-state index contributed by atoms with van der Waals surface area (Å²) in [5, 5.41) is 10.6. The molecule has 2 rings (SSSR count). The van der Waals surface area contributed by atoms with Gasteiger partial charge in [0.15, 0.2) is 0 Å². The van der Waals surface area contributed by atoms with Crippen LogP contribution in [-0.2, 0) is 10.1 Å². The molecule has 0 aliphatic rings. The molecule has 7 nitrogen and oxygen atoms in total. The van der Waals surface area contributed by atoms with Crippen molar-refractivity contribution in [2.24, 2.45) is 0 Å². The zero-order chi connectivity index (χ0) is 16.3. The number of nitro benzene ring substituents is 1. The smallest absolute Gasteiger partial charge is 0.339 e. The molecule has 0 aliphatic carbocycles. The Labute approximate surface area is 128 Å². The molecule has 116 valence electrons. The van der Waals surface area contributed by atoms with Crippen LogP contribution in [-0.4, -0.2) is 27.4 Å². The summed E-state index contributed by atoms with van der Waals surface area (Å²) in [4.78, 5) is 11.6. The van der Waals surface area contributed by atoms with Gasteiger partial charge in [0, 0.05) is 38.0 Å². The number of benzene rings is 2. The van der Waals surface area contributed by atoms with Crippen molar-refractivity contribution in [2.45, 2.75) is 4.90 Å². The lowest BCUT2D eigenvalue weighted by Crippen LogP contribution is -2.11. The second-order valence-electron chi connectivity index (χ2n) is 4.68. The highest BCUT2D eigenvalue weighted by Gasteiger charge is 2.18. The van der Waals surface area contributed by atoms with Crippen LogP contribution in [0.1, 0.15) is 0 Å². The Morgan fingerprint density at radius 2 is 1.73 bits per heavy atom. The van der Waals surface area contributed by atoms with E-state index in [0.717, 1.165) is 30.0 Å². The molecule has 2 aromatic rings. The van der Waals surface area contributed by atoms with Gasteiger partial charge in [-0.15, -0.1) is 0 Å². The van der Waals surface area contributed by atoms with Crippen LogP contribution in [0, 0.1) is 10.1 Å². The molecule has 0 radical (unpaired) electrons. The fourth-order valence-electron chi connectivity index (χ4n) is 1.72. The van der Waals surface area contributed by atoms with E-state index in [9.17, 15) is 18.5 Å². The van der Waals surface area contributed by atoms with Gasteiger partial charge in [0.2, 0.25) is 0 Å². The minimum Gasteiger partial charge on any atom is -0.379 e. The van der Waals surface area contributed by atoms with Gasteiger partial charge in [0.05, 0.1) is 4.92 Å². The molecule has 0 aliphatic heterocycles. The first-order chi connectivity index (χ1) is 10.3.